The van der Waals surface area contributed by atoms with Crippen LogP contribution in [0.5, 0.6) is 0 Å². The van der Waals surface area contributed by atoms with Gasteiger partial charge in [-0.3, -0.25) is 0 Å². The number of hydrogen-bond acceptors (Lipinski definition) is 0. The highest BCUT2D eigenvalue weighted by atomic mass is 14.3. The highest BCUT2D eigenvalue weighted by Crippen LogP contribution is 2.42. The minimum Gasteiger partial charge on any atom is -0.0696 e. The average molecular weight is 148 g/mol. The molecule has 2 aliphatic carbocycles. The van der Waals surface area contributed by atoms with Gasteiger partial charge in [-0.25, -0.2) is 0 Å². The molecule has 1 fully saturated rings. The molecule has 2 atom stereocenters. The van der Waals surface area contributed by atoms with E-state index >= 15 is 0 Å². The van der Waals surface area contributed by atoms with Crippen LogP contribution in [0.1, 0.15) is 33.1 Å². The lowest BCUT2D eigenvalue weighted by molar-refractivity contribution is 0.496. The van der Waals surface area contributed by atoms with Crippen molar-refractivity contribution >= 4 is 0 Å². The standard InChI is InChI=1S/C11H16/c1-8-6-7-9(2)11-5-3-4-10(8)11/h6-7,10-11H,3-5H2,1-2H3/t10-,11-/m1/s1. The summed E-state index contributed by atoms with van der Waals surface area (Å²) in [6, 6.07) is 0. The van der Waals surface area contributed by atoms with E-state index in [1.807, 2.05) is 0 Å². The van der Waals surface area contributed by atoms with Crippen LogP contribution in [0.25, 0.3) is 0 Å². The highest BCUT2D eigenvalue weighted by Gasteiger charge is 2.30. The fourth-order valence-corrected chi connectivity index (χ4v) is 2.56. The van der Waals surface area contributed by atoms with E-state index in [4.69, 9.17) is 0 Å². The van der Waals surface area contributed by atoms with E-state index < -0.39 is 0 Å². The van der Waals surface area contributed by atoms with Crippen LogP contribution in [0.3, 0.4) is 0 Å². The summed E-state index contributed by atoms with van der Waals surface area (Å²) in [6.45, 7) is 4.57. The predicted octanol–water partition coefficient (Wildman–Crippen LogP) is 3.31. The third-order valence-corrected chi connectivity index (χ3v) is 3.29. The topological polar surface area (TPSA) is 0 Å². The van der Waals surface area contributed by atoms with Gasteiger partial charge in [0.15, 0.2) is 0 Å². The van der Waals surface area contributed by atoms with Crippen molar-refractivity contribution in [1.29, 1.82) is 0 Å². The van der Waals surface area contributed by atoms with E-state index in [-0.39, 0.29) is 0 Å². The minimum absolute atomic E-state index is 0.903. The van der Waals surface area contributed by atoms with Crippen LogP contribution >= 0.6 is 0 Å². The molecule has 2 aliphatic rings. The van der Waals surface area contributed by atoms with Crippen molar-refractivity contribution < 1.29 is 0 Å². The quantitative estimate of drug-likeness (QED) is 0.494. The van der Waals surface area contributed by atoms with Crippen molar-refractivity contribution in [1.82, 2.24) is 0 Å². The second kappa shape index (κ2) is 2.51. The first-order valence-electron chi connectivity index (χ1n) is 4.64. The van der Waals surface area contributed by atoms with Crippen molar-refractivity contribution in [3.63, 3.8) is 0 Å². The summed E-state index contributed by atoms with van der Waals surface area (Å²) in [7, 11) is 0. The summed E-state index contributed by atoms with van der Waals surface area (Å²) in [4.78, 5) is 0. The van der Waals surface area contributed by atoms with Gasteiger partial charge in [-0.15, -0.1) is 0 Å². The van der Waals surface area contributed by atoms with E-state index in [1.54, 1.807) is 11.1 Å². The second-order valence-corrected chi connectivity index (χ2v) is 3.97. The van der Waals surface area contributed by atoms with Gasteiger partial charge < -0.3 is 0 Å². The fourth-order valence-electron chi connectivity index (χ4n) is 2.56. The van der Waals surface area contributed by atoms with Crippen molar-refractivity contribution in [3.8, 4) is 0 Å². The number of rotatable bonds is 0. The van der Waals surface area contributed by atoms with Crippen LogP contribution in [0.15, 0.2) is 23.3 Å². The Kier molecular flexibility index (Phi) is 1.63. The van der Waals surface area contributed by atoms with E-state index in [0.29, 0.717) is 0 Å². The predicted molar refractivity (Wildman–Crippen MR) is 48.3 cm³/mol. The van der Waals surface area contributed by atoms with E-state index in [0.717, 1.165) is 11.8 Å². The molecule has 0 aromatic carbocycles. The lowest BCUT2D eigenvalue weighted by atomic mass is 9.81. The third kappa shape index (κ3) is 1.05. The zero-order chi connectivity index (χ0) is 7.84. The van der Waals surface area contributed by atoms with Crippen LogP contribution in [0, 0.1) is 11.8 Å². The van der Waals surface area contributed by atoms with Crippen LogP contribution in [-0.4, -0.2) is 0 Å². The molecule has 0 heteroatoms. The monoisotopic (exact) mass is 148 g/mol. The van der Waals surface area contributed by atoms with Gasteiger partial charge in [-0.05, 0) is 38.5 Å². The largest absolute Gasteiger partial charge is 0.0696 e. The van der Waals surface area contributed by atoms with Gasteiger partial charge in [0.25, 0.3) is 0 Å². The van der Waals surface area contributed by atoms with Gasteiger partial charge >= 0.3 is 0 Å². The molecule has 0 N–H and O–H groups in total. The molecule has 0 amide bonds. The Morgan fingerprint density at radius 3 is 1.91 bits per heavy atom. The first kappa shape index (κ1) is 7.15. The van der Waals surface area contributed by atoms with Crippen LogP contribution in [0.2, 0.25) is 0 Å². The molecule has 60 valence electrons. The molecular weight excluding hydrogens is 132 g/mol. The summed E-state index contributed by atoms with van der Waals surface area (Å²) in [6.07, 6.45) is 8.91. The van der Waals surface area contributed by atoms with Crippen LogP contribution < -0.4 is 0 Å². The highest BCUT2D eigenvalue weighted by molar-refractivity contribution is 5.28. The Morgan fingerprint density at radius 1 is 1.00 bits per heavy atom. The summed E-state index contributed by atoms with van der Waals surface area (Å²) >= 11 is 0. The molecule has 0 aromatic rings. The van der Waals surface area contributed by atoms with Crippen LogP contribution in [0.4, 0.5) is 0 Å². The average Bonchev–Trinajstić information content (AvgIpc) is 2.45. The zero-order valence-corrected chi connectivity index (χ0v) is 7.43. The van der Waals surface area contributed by atoms with Gasteiger partial charge in [0.1, 0.15) is 0 Å². The summed E-state index contributed by atoms with van der Waals surface area (Å²) in [5, 5.41) is 0. The van der Waals surface area contributed by atoms with Crippen LogP contribution in [-0.2, 0) is 0 Å². The maximum atomic E-state index is 2.31. The molecule has 2 rings (SSSR count). The number of hydrogen-bond donors (Lipinski definition) is 0. The zero-order valence-electron chi connectivity index (χ0n) is 7.43. The fraction of sp³-hybridized carbons (Fsp3) is 0.636. The Morgan fingerprint density at radius 2 is 1.45 bits per heavy atom. The van der Waals surface area contributed by atoms with Crippen molar-refractivity contribution in [3.05, 3.63) is 23.3 Å². The molecule has 0 heterocycles. The Bertz CT molecular complexity index is 196. The lowest BCUT2D eigenvalue weighted by Gasteiger charge is -2.24. The molecule has 0 bridgehead atoms. The summed E-state index contributed by atoms with van der Waals surface area (Å²) in [5.41, 5.74) is 3.22. The normalized spacial score (nSPS) is 36.2. The lowest BCUT2D eigenvalue weighted by Crippen LogP contribution is -2.13. The summed E-state index contributed by atoms with van der Waals surface area (Å²) in [5.74, 6) is 1.81. The van der Waals surface area contributed by atoms with Gasteiger partial charge in [0.05, 0.1) is 0 Å². The summed E-state index contributed by atoms with van der Waals surface area (Å²) < 4.78 is 0. The molecular formula is C11H16. The molecule has 0 saturated heterocycles. The number of fused-ring (bicyclic) bond motifs is 1. The van der Waals surface area contributed by atoms with Crippen molar-refractivity contribution in [2.24, 2.45) is 11.8 Å². The molecule has 0 unspecified atom stereocenters. The first-order chi connectivity index (χ1) is 5.29. The van der Waals surface area contributed by atoms with E-state index in [1.165, 1.54) is 19.3 Å². The molecule has 0 aliphatic heterocycles. The van der Waals surface area contributed by atoms with Gasteiger partial charge in [-0.2, -0.15) is 0 Å². The Hall–Kier alpha value is -0.520. The van der Waals surface area contributed by atoms with Gasteiger partial charge in [0.2, 0.25) is 0 Å². The maximum absolute atomic E-state index is 2.31. The van der Waals surface area contributed by atoms with E-state index in [2.05, 4.69) is 26.0 Å². The van der Waals surface area contributed by atoms with Gasteiger partial charge in [-0.1, -0.05) is 29.7 Å². The Labute approximate surface area is 69.0 Å². The van der Waals surface area contributed by atoms with Gasteiger partial charge in [0, 0.05) is 0 Å². The number of allylic oxidation sites excluding steroid dienone is 4. The molecule has 11 heavy (non-hydrogen) atoms. The second-order valence-electron chi connectivity index (χ2n) is 3.97. The van der Waals surface area contributed by atoms with Crippen molar-refractivity contribution in [2.45, 2.75) is 33.1 Å². The third-order valence-electron chi connectivity index (χ3n) is 3.29. The molecule has 0 nitrogen and oxygen atoms in total. The SMILES string of the molecule is CC1=CC=C(C)[C@H]2CCC[C@H]12. The molecule has 0 spiro atoms. The molecule has 1 saturated carbocycles. The molecule has 0 aromatic heterocycles. The first-order valence-corrected chi connectivity index (χ1v) is 4.64. The van der Waals surface area contributed by atoms with E-state index in [9.17, 15) is 0 Å². The molecule has 0 radical (unpaired) electrons. The smallest absolute Gasteiger partial charge is 0.0137 e. The van der Waals surface area contributed by atoms with Crippen molar-refractivity contribution in [2.75, 3.05) is 0 Å². The Balaban J connectivity index is 2.30. The maximum Gasteiger partial charge on any atom is -0.0137 e. The minimum atomic E-state index is 0.903.